The van der Waals surface area contributed by atoms with Crippen molar-refractivity contribution in [1.82, 2.24) is 10.1 Å². The van der Waals surface area contributed by atoms with Gasteiger partial charge in [-0.05, 0) is 6.92 Å². The molecular weight excluding hydrogens is 276 g/mol. The molecule has 0 aliphatic heterocycles. The van der Waals surface area contributed by atoms with Gasteiger partial charge in [-0.3, -0.25) is 4.79 Å². The minimum atomic E-state index is -0.171. The minimum Gasteiger partial charge on any atom is -0.466 e. The molecule has 1 heterocycles. The summed E-state index contributed by atoms with van der Waals surface area (Å²) in [6.45, 7) is 2.22. The predicted molar refractivity (Wildman–Crippen MR) is 77.1 cm³/mol. The molecule has 0 aliphatic rings. The molecule has 2 aromatic rings. The summed E-state index contributed by atoms with van der Waals surface area (Å²) < 4.78 is 10.0. The maximum Gasteiger partial charge on any atom is 0.306 e. The van der Waals surface area contributed by atoms with E-state index in [2.05, 4.69) is 10.1 Å². The summed E-state index contributed by atoms with van der Waals surface area (Å²) in [4.78, 5) is 15.5. The van der Waals surface area contributed by atoms with E-state index in [4.69, 9.17) is 9.26 Å². The molecule has 0 amide bonds. The molecule has 0 radical (unpaired) electrons. The van der Waals surface area contributed by atoms with Gasteiger partial charge in [-0.15, -0.1) is 0 Å². The van der Waals surface area contributed by atoms with Crippen molar-refractivity contribution >= 4 is 17.7 Å². The Hall–Kier alpha value is -1.82. The number of hydrogen-bond acceptors (Lipinski definition) is 6. The van der Waals surface area contributed by atoms with E-state index < -0.39 is 0 Å². The van der Waals surface area contributed by atoms with Crippen LogP contribution < -0.4 is 0 Å². The number of thioether (sulfide) groups is 1. The molecule has 6 heteroatoms. The first-order chi connectivity index (χ1) is 9.79. The molecule has 2 rings (SSSR count). The standard InChI is InChI=1S/C14H16N2O3S/c1-2-18-13(17)8-9-20-10-12-15-14(16-19-12)11-6-4-3-5-7-11/h3-7H,2,8-10H2,1H3. The van der Waals surface area contributed by atoms with E-state index in [1.54, 1.807) is 18.7 Å². The van der Waals surface area contributed by atoms with Gasteiger partial charge >= 0.3 is 5.97 Å². The lowest BCUT2D eigenvalue weighted by atomic mass is 10.2. The van der Waals surface area contributed by atoms with E-state index in [0.717, 1.165) is 5.56 Å². The number of carbonyl (C=O) groups excluding carboxylic acids is 1. The first-order valence-electron chi connectivity index (χ1n) is 6.41. The van der Waals surface area contributed by atoms with Crippen LogP contribution in [0.15, 0.2) is 34.9 Å². The summed E-state index contributed by atoms with van der Waals surface area (Å²) in [5, 5.41) is 3.94. The van der Waals surface area contributed by atoms with Crippen molar-refractivity contribution in [3.8, 4) is 11.4 Å². The van der Waals surface area contributed by atoms with Gasteiger partial charge in [0.25, 0.3) is 0 Å². The topological polar surface area (TPSA) is 65.2 Å². The highest BCUT2D eigenvalue weighted by atomic mass is 32.2. The highest BCUT2D eigenvalue weighted by molar-refractivity contribution is 7.98. The largest absolute Gasteiger partial charge is 0.466 e. The molecule has 0 N–H and O–H groups in total. The van der Waals surface area contributed by atoms with Gasteiger partial charge in [0.15, 0.2) is 0 Å². The summed E-state index contributed by atoms with van der Waals surface area (Å²) in [7, 11) is 0. The third-order valence-electron chi connectivity index (χ3n) is 2.48. The molecule has 0 saturated carbocycles. The van der Waals surface area contributed by atoms with Gasteiger partial charge in [0, 0.05) is 11.3 Å². The van der Waals surface area contributed by atoms with Crippen molar-refractivity contribution in [2.75, 3.05) is 12.4 Å². The lowest BCUT2D eigenvalue weighted by Gasteiger charge is -1.99. The Balaban J connectivity index is 1.78. The van der Waals surface area contributed by atoms with E-state index in [-0.39, 0.29) is 5.97 Å². The van der Waals surface area contributed by atoms with Crippen LogP contribution in [0.5, 0.6) is 0 Å². The van der Waals surface area contributed by atoms with Gasteiger partial charge in [0.2, 0.25) is 11.7 Å². The van der Waals surface area contributed by atoms with Crippen LogP contribution in [0.25, 0.3) is 11.4 Å². The maximum atomic E-state index is 11.2. The summed E-state index contributed by atoms with van der Waals surface area (Å²) in [5.74, 6) is 2.26. The van der Waals surface area contributed by atoms with Crippen LogP contribution in [0.2, 0.25) is 0 Å². The van der Waals surface area contributed by atoms with Crippen LogP contribution >= 0.6 is 11.8 Å². The molecule has 0 unspecified atom stereocenters. The van der Waals surface area contributed by atoms with Gasteiger partial charge < -0.3 is 9.26 Å². The number of hydrogen-bond donors (Lipinski definition) is 0. The first kappa shape index (κ1) is 14.6. The molecule has 5 nitrogen and oxygen atoms in total. The van der Waals surface area contributed by atoms with Gasteiger partial charge in [-0.25, -0.2) is 0 Å². The lowest BCUT2D eigenvalue weighted by molar-refractivity contribution is -0.142. The highest BCUT2D eigenvalue weighted by Crippen LogP contribution is 2.17. The number of carbonyl (C=O) groups is 1. The summed E-state index contributed by atoms with van der Waals surface area (Å²) in [6, 6.07) is 9.67. The Labute approximate surface area is 121 Å². The van der Waals surface area contributed by atoms with Crippen LogP contribution in [0, 0.1) is 0 Å². The van der Waals surface area contributed by atoms with Crippen molar-refractivity contribution in [2.24, 2.45) is 0 Å². The van der Waals surface area contributed by atoms with Crippen LogP contribution in [0.4, 0.5) is 0 Å². The summed E-state index contributed by atoms with van der Waals surface area (Å²) in [6.07, 6.45) is 0.401. The summed E-state index contributed by atoms with van der Waals surface area (Å²) in [5.41, 5.74) is 0.930. The molecule has 0 aliphatic carbocycles. The third kappa shape index (κ3) is 4.38. The van der Waals surface area contributed by atoms with Crippen molar-refractivity contribution in [2.45, 2.75) is 19.1 Å². The molecular formula is C14H16N2O3S. The first-order valence-corrected chi connectivity index (χ1v) is 7.56. The Kier molecular flexibility index (Phi) is 5.61. The van der Waals surface area contributed by atoms with Crippen LogP contribution in [-0.2, 0) is 15.3 Å². The zero-order valence-corrected chi connectivity index (χ0v) is 12.1. The van der Waals surface area contributed by atoms with Crippen molar-refractivity contribution in [3.05, 3.63) is 36.2 Å². The maximum absolute atomic E-state index is 11.2. The molecule has 20 heavy (non-hydrogen) atoms. The molecule has 0 bridgehead atoms. The molecule has 1 aromatic heterocycles. The van der Waals surface area contributed by atoms with E-state index in [0.29, 0.717) is 36.2 Å². The fraction of sp³-hybridized carbons (Fsp3) is 0.357. The number of ether oxygens (including phenoxy) is 1. The monoisotopic (exact) mass is 292 g/mol. The smallest absolute Gasteiger partial charge is 0.306 e. The predicted octanol–water partition coefficient (Wildman–Crippen LogP) is 2.92. The van der Waals surface area contributed by atoms with Crippen molar-refractivity contribution in [1.29, 1.82) is 0 Å². The normalized spacial score (nSPS) is 10.4. The second-order valence-corrected chi connectivity index (χ2v) is 5.09. The minimum absolute atomic E-state index is 0.171. The second kappa shape index (κ2) is 7.69. The number of aromatic nitrogens is 2. The zero-order chi connectivity index (χ0) is 14.2. The van der Waals surface area contributed by atoms with Gasteiger partial charge in [-0.2, -0.15) is 16.7 Å². The SMILES string of the molecule is CCOC(=O)CCSCc1nc(-c2ccccc2)no1. The fourth-order valence-corrected chi connectivity index (χ4v) is 2.31. The van der Waals surface area contributed by atoms with Gasteiger partial charge in [0.05, 0.1) is 18.8 Å². The Bertz CT molecular complexity index is 542. The van der Waals surface area contributed by atoms with Crippen LogP contribution in [0.3, 0.4) is 0 Å². The van der Waals surface area contributed by atoms with Crippen molar-refractivity contribution in [3.63, 3.8) is 0 Å². The Morgan fingerprint density at radius 3 is 2.90 bits per heavy atom. The molecule has 0 fully saturated rings. The second-order valence-electron chi connectivity index (χ2n) is 3.99. The average molecular weight is 292 g/mol. The molecule has 106 valence electrons. The average Bonchev–Trinajstić information content (AvgIpc) is 2.94. The van der Waals surface area contributed by atoms with Gasteiger partial charge in [0.1, 0.15) is 0 Å². The van der Waals surface area contributed by atoms with Crippen molar-refractivity contribution < 1.29 is 14.1 Å². The summed E-state index contributed by atoms with van der Waals surface area (Å²) >= 11 is 1.57. The third-order valence-corrected chi connectivity index (χ3v) is 3.43. The Morgan fingerprint density at radius 1 is 1.35 bits per heavy atom. The van der Waals surface area contributed by atoms with Crippen LogP contribution in [-0.4, -0.2) is 28.5 Å². The van der Waals surface area contributed by atoms with E-state index in [1.807, 2.05) is 30.3 Å². The quantitative estimate of drug-likeness (QED) is 0.577. The molecule has 0 atom stereocenters. The van der Waals surface area contributed by atoms with E-state index in [1.165, 1.54) is 0 Å². The molecule has 1 aromatic carbocycles. The van der Waals surface area contributed by atoms with Crippen LogP contribution in [0.1, 0.15) is 19.2 Å². The number of nitrogens with zero attached hydrogens (tertiary/aromatic N) is 2. The zero-order valence-electron chi connectivity index (χ0n) is 11.2. The van der Waals surface area contributed by atoms with E-state index in [9.17, 15) is 4.79 Å². The molecule has 0 spiro atoms. The number of esters is 1. The highest BCUT2D eigenvalue weighted by Gasteiger charge is 2.08. The lowest BCUT2D eigenvalue weighted by Crippen LogP contribution is -2.04. The van der Waals surface area contributed by atoms with E-state index >= 15 is 0 Å². The number of rotatable bonds is 7. The molecule has 0 saturated heterocycles. The number of benzene rings is 1. The fourth-order valence-electron chi connectivity index (χ4n) is 1.57. The van der Waals surface area contributed by atoms with Gasteiger partial charge in [-0.1, -0.05) is 35.5 Å². The Morgan fingerprint density at radius 2 is 2.15 bits per heavy atom.